The average molecular weight is 1770 g/mol. The number of benzene rings is 2. The molecule has 40 nitrogen and oxygen atoms in total. The molecule has 0 unspecified atom stereocenters. The first-order valence-corrected chi connectivity index (χ1v) is 43.9. The number of carbonyl (C=O) groups excluding carboxylic acids is 13. The van der Waals surface area contributed by atoms with Gasteiger partial charge in [-0.05, 0) is 67.6 Å². The third-order valence-electron chi connectivity index (χ3n) is 21.2. The molecule has 24 N–H and O–H groups in total. The Morgan fingerprint density at radius 3 is 1.60 bits per heavy atom. The minimum atomic E-state index is -1.52. The van der Waals surface area contributed by atoms with Crippen molar-refractivity contribution in [3.8, 4) is 0 Å². The smallest absolute Gasteiger partial charge is 0.243 e. The van der Waals surface area contributed by atoms with Gasteiger partial charge in [-0.1, -0.05) is 97.0 Å². The van der Waals surface area contributed by atoms with Crippen molar-refractivity contribution in [2.45, 2.75) is 192 Å². The van der Waals surface area contributed by atoms with Crippen LogP contribution in [0.2, 0.25) is 0 Å². The van der Waals surface area contributed by atoms with Gasteiger partial charge in [0.1, 0.15) is 42.3 Å². The van der Waals surface area contributed by atoms with Gasteiger partial charge in [-0.25, -0.2) is 4.98 Å². The van der Waals surface area contributed by atoms with Crippen molar-refractivity contribution >= 4 is 87.7 Å². The van der Waals surface area contributed by atoms with Crippen LogP contribution in [-0.2, 0) is 101 Å². The number of nitrogens with two attached hydrogens (primary N) is 2. The molecule has 2 aromatic heterocycles. The summed E-state index contributed by atoms with van der Waals surface area (Å²) in [6.45, 7) is 24.5. The van der Waals surface area contributed by atoms with E-state index in [4.69, 9.17) is 30.4 Å². The Balaban J connectivity index is 0.945. The van der Waals surface area contributed by atoms with E-state index in [0.29, 0.717) is 60.3 Å². The van der Waals surface area contributed by atoms with E-state index in [1.54, 1.807) is 74.6 Å². The van der Waals surface area contributed by atoms with E-state index in [2.05, 4.69) is 112 Å². The van der Waals surface area contributed by atoms with E-state index in [1.165, 1.54) is 19.4 Å². The Hall–Kier alpha value is -10.1. The normalized spacial score (nSPS) is 18.1. The molecule has 4 aromatic rings. The maximum absolute atomic E-state index is 14.7. The van der Waals surface area contributed by atoms with Crippen molar-refractivity contribution in [1.29, 1.82) is 0 Å². The number of hydrogen-bond donors (Lipinski definition) is 22. The fourth-order valence-corrected chi connectivity index (χ4v) is 14.3. The summed E-state index contributed by atoms with van der Waals surface area (Å²) in [6.07, 6.45) is 2.55. The minimum Gasteiger partial charge on any atom is -0.390 e. The van der Waals surface area contributed by atoms with Crippen molar-refractivity contribution in [3.63, 3.8) is 0 Å². The summed E-state index contributed by atoms with van der Waals surface area (Å²) in [6, 6.07) is 5.68. The molecule has 3 fully saturated rings. The van der Waals surface area contributed by atoms with Gasteiger partial charge in [0, 0.05) is 164 Å². The molecule has 5 heterocycles. The SMILES string of the molecule is CC(C)C[C@H](NC(=O)C[C@H](O)[C@H](CC(C)C)NC(=O)[C@H](Cc1cnc[nH]1)NC(=O)CNC(=O)[C@@H](NC(=O)[C@H](C)NC(=O)[C@H](Cc1c[nH]c2ccccc12)NC(=O)[C@H](CCC(N)=O)NC(=O)[C@@H](Cc1ccccc1)NC(=O)CCOCCOCCOCCOCCNC(=O)CCCC(=O)NC12CNCCNCC(C)(CNCCNC1)CNCCNC2)C(C)C)C(N)=O. The zero-order valence-electron chi connectivity index (χ0n) is 74.4. The third kappa shape index (κ3) is 40.7. The Labute approximate surface area is 737 Å². The Morgan fingerprint density at radius 2 is 1.01 bits per heavy atom. The molecular formula is C86H140N22O18. The Kier molecular flexibility index (Phi) is 47.2. The van der Waals surface area contributed by atoms with Gasteiger partial charge < -0.3 is 136 Å². The second-order valence-electron chi connectivity index (χ2n) is 33.9. The minimum absolute atomic E-state index is 0.0141. The number of carbonyl (C=O) groups is 13. The number of fused-ring (bicyclic) bond motifs is 16. The van der Waals surface area contributed by atoms with E-state index in [-0.39, 0.29) is 140 Å². The van der Waals surface area contributed by atoms with Crippen molar-refractivity contribution in [2.75, 3.05) is 144 Å². The lowest BCUT2D eigenvalue weighted by molar-refractivity contribution is -0.135. The molecule has 0 aliphatic carbocycles. The number of hydrogen-bond acceptors (Lipinski definition) is 25. The third-order valence-corrected chi connectivity index (χ3v) is 21.2. The number of aromatic nitrogens is 3. The molecular weight excluding hydrogens is 1630 g/mol. The maximum atomic E-state index is 14.7. The number of ether oxygens (including phenoxy) is 4. The van der Waals surface area contributed by atoms with Gasteiger partial charge in [-0.2, -0.15) is 0 Å². The molecule has 2 bridgehead atoms. The van der Waals surface area contributed by atoms with Crippen molar-refractivity contribution in [1.82, 2.24) is 105 Å². The highest BCUT2D eigenvalue weighted by Crippen LogP contribution is 2.21. The van der Waals surface area contributed by atoms with Crippen LogP contribution in [0.4, 0.5) is 0 Å². The number of aliphatic hydroxyl groups excluding tert-OH is 1. The summed E-state index contributed by atoms with van der Waals surface area (Å²) in [4.78, 5) is 187. The summed E-state index contributed by atoms with van der Waals surface area (Å²) >= 11 is 0. The average Bonchev–Trinajstić information content (AvgIpc) is 1.68. The molecule has 9 atom stereocenters. The van der Waals surface area contributed by atoms with Crippen LogP contribution in [-0.4, -0.2) is 301 Å². The van der Waals surface area contributed by atoms with Gasteiger partial charge >= 0.3 is 0 Å². The molecule has 13 amide bonds. The topological polar surface area (TPSA) is 580 Å². The van der Waals surface area contributed by atoms with Crippen LogP contribution in [0.3, 0.4) is 0 Å². The highest BCUT2D eigenvalue weighted by atomic mass is 16.6. The van der Waals surface area contributed by atoms with Crippen LogP contribution in [0.15, 0.2) is 73.3 Å². The van der Waals surface area contributed by atoms with Gasteiger partial charge in [0.2, 0.25) is 76.8 Å². The Morgan fingerprint density at radius 1 is 0.484 bits per heavy atom. The molecule has 40 heteroatoms. The fourth-order valence-electron chi connectivity index (χ4n) is 14.3. The first kappa shape index (κ1) is 105. The number of primary amides is 2. The second kappa shape index (κ2) is 56.8. The summed E-state index contributed by atoms with van der Waals surface area (Å²) < 4.78 is 22.6. The number of amides is 13. The first-order valence-electron chi connectivity index (χ1n) is 43.9. The van der Waals surface area contributed by atoms with E-state index in [1.807, 2.05) is 27.7 Å². The molecule has 0 radical (unpaired) electrons. The summed E-state index contributed by atoms with van der Waals surface area (Å²) in [5.74, 6) is -9.61. The van der Waals surface area contributed by atoms with Crippen LogP contribution in [0.5, 0.6) is 0 Å². The zero-order valence-corrected chi connectivity index (χ0v) is 74.4. The van der Waals surface area contributed by atoms with Gasteiger partial charge in [0.05, 0.1) is 89.8 Å². The van der Waals surface area contributed by atoms with Crippen molar-refractivity contribution in [2.24, 2.45) is 34.6 Å². The van der Waals surface area contributed by atoms with E-state index >= 15 is 0 Å². The van der Waals surface area contributed by atoms with Gasteiger partial charge in [-0.3, -0.25) is 62.3 Å². The quantitative estimate of drug-likeness (QED) is 0.0190. The van der Waals surface area contributed by atoms with Gasteiger partial charge in [0.25, 0.3) is 0 Å². The van der Waals surface area contributed by atoms with Crippen molar-refractivity contribution < 1.29 is 86.4 Å². The largest absolute Gasteiger partial charge is 0.390 e. The molecule has 126 heavy (non-hydrogen) atoms. The van der Waals surface area contributed by atoms with E-state index in [9.17, 15) is 67.4 Å². The molecule has 3 aliphatic heterocycles. The number of aliphatic hydroxyl groups is 1. The number of para-hydroxylation sites is 1. The monoisotopic (exact) mass is 1770 g/mol. The molecule has 0 saturated carbocycles. The standard InChI is InChI=1S/C86H140N22O18/c1-55(2)39-65(70(109)44-75(114)101-66(78(88)116)40-56(3)4)105-83(121)69(43-61-46-95-54-99-61)103-76(115)47-98-84(122)77(57(5)6)107-79(117)58(7)100-81(119)68(42-60-45-97-63-18-13-12-17-62(60)63)106-80(118)64(21-22-71(87)110)104-82(120)67(41-59-15-10-9-11-16-59)102-73(112)23-31-123-33-35-125-37-38-126-36-34-124-32-30-96-72(111)19-14-20-74(113)108-86-51-92-27-24-89-48-85(8,49-90-25-28-93-52-86)50-91-26-29-94-53-86/h9-13,15-18,45-46,54-58,64-70,77,89-94,97,109H,14,19-44,47-53H2,1-8H3,(H2,87,110)(H2,88,116)(H,95,99)(H,96,111)(H,98,122)(H,100,119)(H,101,114)(H,102,112)(H,103,115)(H,104,120)(H,105,121)(H,106,118)(H,107,117)(H,108,113)/t58-,64-,65-,66-,67+,68-,69-,70-,77-,85?,86?/m0/s1. The molecule has 2 aromatic carbocycles. The first-order chi connectivity index (χ1) is 60.3. The summed E-state index contributed by atoms with van der Waals surface area (Å²) in [5, 5.41) is 63.5. The predicted octanol–water partition coefficient (Wildman–Crippen LogP) is -3.65. The molecule has 702 valence electrons. The Bertz CT molecular complexity index is 3980. The van der Waals surface area contributed by atoms with Crippen molar-refractivity contribution in [3.05, 3.63) is 90.1 Å². The van der Waals surface area contributed by atoms with E-state index in [0.717, 1.165) is 58.9 Å². The predicted molar refractivity (Wildman–Crippen MR) is 472 cm³/mol. The van der Waals surface area contributed by atoms with E-state index < -0.39 is 150 Å². The lowest BCUT2D eigenvalue weighted by Crippen LogP contribution is -2.66. The highest BCUT2D eigenvalue weighted by molar-refractivity contribution is 5.98. The van der Waals surface area contributed by atoms with Crippen LogP contribution < -0.4 is 102 Å². The number of H-pyrrole nitrogens is 2. The number of rotatable bonds is 54. The van der Waals surface area contributed by atoms with Crippen LogP contribution in [0.1, 0.15) is 130 Å². The highest BCUT2D eigenvalue weighted by Gasteiger charge is 2.37. The lowest BCUT2D eigenvalue weighted by atomic mass is 9.90. The number of nitrogens with one attached hydrogen (secondary N) is 19. The zero-order chi connectivity index (χ0) is 91.8. The summed E-state index contributed by atoms with van der Waals surface area (Å²) in [5.41, 5.74) is 13.0. The van der Waals surface area contributed by atoms with Gasteiger partial charge in [-0.15, -0.1) is 0 Å². The lowest BCUT2D eigenvalue weighted by Gasteiger charge is -2.37. The van der Waals surface area contributed by atoms with Gasteiger partial charge in [0.15, 0.2) is 0 Å². The number of aromatic amines is 2. The molecule has 0 spiro atoms. The molecule has 3 saturated heterocycles. The van der Waals surface area contributed by atoms with Crippen LogP contribution >= 0.6 is 0 Å². The van der Waals surface area contributed by atoms with Crippen LogP contribution in [0.25, 0.3) is 10.9 Å². The number of imidazole rings is 1. The fraction of sp³-hybridized carbons (Fsp3) is 0.651. The maximum Gasteiger partial charge on any atom is 0.243 e. The van der Waals surface area contributed by atoms with Crippen LogP contribution in [0, 0.1) is 23.2 Å². The molecule has 3 aliphatic rings. The molecule has 7 rings (SSSR count). The summed E-state index contributed by atoms with van der Waals surface area (Å²) in [7, 11) is 0. The second-order valence-corrected chi connectivity index (χ2v) is 33.9. The number of nitrogens with zero attached hydrogens (tertiary/aromatic N) is 1.